The summed E-state index contributed by atoms with van der Waals surface area (Å²) in [5, 5.41) is 12.4. The van der Waals surface area contributed by atoms with Gasteiger partial charge in [-0.2, -0.15) is 0 Å². The molecule has 0 radical (unpaired) electrons. The molecular formula is C18H23NO2S. The SMILES string of the molecule is CCCC[C@H](NCc1ccc(-c2ccc(C)cc2)s1)C(=O)O. The first kappa shape index (κ1) is 16.7. The normalized spacial score (nSPS) is 12.3. The second-order valence-electron chi connectivity index (χ2n) is 5.55. The molecule has 2 N–H and O–H groups in total. The zero-order chi connectivity index (χ0) is 15.9. The molecule has 0 spiro atoms. The molecule has 0 amide bonds. The molecule has 0 aliphatic carbocycles. The number of thiophene rings is 1. The highest BCUT2D eigenvalue weighted by Crippen LogP contribution is 2.28. The molecule has 22 heavy (non-hydrogen) atoms. The molecule has 0 fully saturated rings. The number of carboxylic acid groups (broad SMARTS) is 1. The molecule has 0 saturated heterocycles. The number of nitrogens with one attached hydrogen (secondary N) is 1. The Bertz CT molecular complexity index is 604. The number of hydrogen-bond donors (Lipinski definition) is 2. The van der Waals surface area contributed by atoms with Gasteiger partial charge in [0.2, 0.25) is 0 Å². The lowest BCUT2D eigenvalue weighted by Crippen LogP contribution is -2.35. The maximum Gasteiger partial charge on any atom is 0.320 e. The van der Waals surface area contributed by atoms with E-state index in [2.05, 4.69) is 55.6 Å². The summed E-state index contributed by atoms with van der Waals surface area (Å²) in [6, 6.07) is 12.2. The molecule has 2 rings (SSSR count). The number of rotatable bonds is 8. The first-order valence-electron chi connectivity index (χ1n) is 7.72. The van der Waals surface area contributed by atoms with Gasteiger partial charge in [-0.1, -0.05) is 49.6 Å². The molecule has 0 bridgehead atoms. The molecular weight excluding hydrogens is 294 g/mol. The van der Waals surface area contributed by atoms with Crippen molar-refractivity contribution in [2.45, 2.75) is 45.7 Å². The molecule has 3 nitrogen and oxygen atoms in total. The fraction of sp³-hybridized carbons (Fsp3) is 0.389. The Balaban J connectivity index is 1.96. The molecule has 0 aliphatic rings. The van der Waals surface area contributed by atoms with Gasteiger partial charge in [0, 0.05) is 16.3 Å². The second-order valence-corrected chi connectivity index (χ2v) is 6.71. The Labute approximate surface area is 136 Å². The summed E-state index contributed by atoms with van der Waals surface area (Å²) in [5.74, 6) is -0.760. The van der Waals surface area contributed by atoms with Crippen molar-refractivity contribution in [2.75, 3.05) is 0 Å². The van der Waals surface area contributed by atoms with Crippen LogP contribution in [0.15, 0.2) is 36.4 Å². The maximum absolute atomic E-state index is 11.2. The predicted octanol–water partition coefficient (Wildman–Crippen LogP) is 4.46. The van der Waals surface area contributed by atoms with Gasteiger partial charge in [-0.05, 0) is 31.0 Å². The monoisotopic (exact) mass is 317 g/mol. The molecule has 1 atom stereocenters. The minimum Gasteiger partial charge on any atom is -0.480 e. The van der Waals surface area contributed by atoms with Gasteiger partial charge in [0.1, 0.15) is 6.04 Å². The quantitative estimate of drug-likeness (QED) is 0.756. The molecule has 1 aromatic heterocycles. The average molecular weight is 317 g/mol. The van der Waals surface area contributed by atoms with Crippen LogP contribution in [0.1, 0.15) is 36.6 Å². The zero-order valence-corrected chi connectivity index (χ0v) is 14.0. The molecule has 1 aromatic carbocycles. The second kappa shape index (κ2) is 8.11. The van der Waals surface area contributed by atoms with Gasteiger partial charge in [0.05, 0.1) is 0 Å². The molecule has 1 heterocycles. The van der Waals surface area contributed by atoms with Crippen LogP contribution in [0.4, 0.5) is 0 Å². The third-order valence-electron chi connectivity index (χ3n) is 3.66. The van der Waals surface area contributed by atoms with Crippen molar-refractivity contribution in [1.82, 2.24) is 5.32 Å². The van der Waals surface area contributed by atoms with E-state index in [0.29, 0.717) is 13.0 Å². The van der Waals surface area contributed by atoms with E-state index in [-0.39, 0.29) is 0 Å². The van der Waals surface area contributed by atoms with Gasteiger partial charge < -0.3 is 5.11 Å². The standard InChI is InChI=1S/C18H23NO2S/c1-3-4-5-16(18(20)21)19-12-15-10-11-17(22-15)14-8-6-13(2)7-9-14/h6-11,16,19H,3-5,12H2,1-2H3,(H,20,21)/t16-/m0/s1. The summed E-state index contributed by atoms with van der Waals surface area (Å²) >= 11 is 1.71. The lowest BCUT2D eigenvalue weighted by molar-refractivity contribution is -0.139. The van der Waals surface area contributed by atoms with Crippen LogP contribution in [0.5, 0.6) is 0 Å². The maximum atomic E-state index is 11.2. The number of hydrogen-bond acceptors (Lipinski definition) is 3. The van der Waals surface area contributed by atoms with Crippen molar-refractivity contribution in [3.8, 4) is 10.4 Å². The van der Waals surface area contributed by atoms with Crippen LogP contribution in [0.2, 0.25) is 0 Å². The van der Waals surface area contributed by atoms with E-state index in [1.807, 2.05) is 0 Å². The van der Waals surface area contributed by atoms with E-state index in [1.165, 1.54) is 20.9 Å². The van der Waals surface area contributed by atoms with E-state index in [4.69, 9.17) is 0 Å². The fourth-order valence-corrected chi connectivity index (χ4v) is 3.25. The first-order chi connectivity index (χ1) is 10.6. The lowest BCUT2D eigenvalue weighted by atomic mass is 10.1. The minimum absolute atomic E-state index is 0.454. The molecule has 0 aliphatic heterocycles. The van der Waals surface area contributed by atoms with Crippen LogP contribution >= 0.6 is 11.3 Å². The Kier molecular flexibility index (Phi) is 6.16. The van der Waals surface area contributed by atoms with E-state index >= 15 is 0 Å². The summed E-state index contributed by atoms with van der Waals surface area (Å²) in [7, 11) is 0. The van der Waals surface area contributed by atoms with E-state index < -0.39 is 12.0 Å². The summed E-state index contributed by atoms with van der Waals surface area (Å²) in [5.41, 5.74) is 2.46. The van der Waals surface area contributed by atoms with Crippen molar-refractivity contribution >= 4 is 17.3 Å². The van der Waals surface area contributed by atoms with E-state index in [9.17, 15) is 9.90 Å². The predicted molar refractivity (Wildman–Crippen MR) is 92.3 cm³/mol. The highest BCUT2D eigenvalue weighted by Gasteiger charge is 2.16. The Morgan fingerprint density at radius 3 is 2.59 bits per heavy atom. The van der Waals surface area contributed by atoms with Gasteiger partial charge in [-0.25, -0.2) is 0 Å². The van der Waals surface area contributed by atoms with Crippen molar-refractivity contribution in [2.24, 2.45) is 0 Å². The third-order valence-corrected chi connectivity index (χ3v) is 4.80. The molecule has 0 unspecified atom stereocenters. The van der Waals surface area contributed by atoms with Gasteiger partial charge >= 0.3 is 5.97 Å². The Morgan fingerprint density at radius 2 is 1.95 bits per heavy atom. The van der Waals surface area contributed by atoms with Crippen molar-refractivity contribution < 1.29 is 9.90 Å². The summed E-state index contributed by atoms with van der Waals surface area (Å²) in [4.78, 5) is 13.6. The molecule has 118 valence electrons. The van der Waals surface area contributed by atoms with Crippen molar-refractivity contribution in [3.05, 3.63) is 46.8 Å². The average Bonchev–Trinajstić information content (AvgIpc) is 2.96. The van der Waals surface area contributed by atoms with Crippen LogP contribution < -0.4 is 5.32 Å². The van der Waals surface area contributed by atoms with Crippen LogP contribution in [-0.4, -0.2) is 17.1 Å². The van der Waals surface area contributed by atoms with Crippen LogP contribution in [0.25, 0.3) is 10.4 Å². The molecule has 0 saturated carbocycles. The first-order valence-corrected chi connectivity index (χ1v) is 8.53. The summed E-state index contributed by atoms with van der Waals surface area (Å²) in [6.07, 6.45) is 2.63. The fourth-order valence-electron chi connectivity index (χ4n) is 2.29. The van der Waals surface area contributed by atoms with Gasteiger partial charge in [0.15, 0.2) is 0 Å². The summed E-state index contributed by atoms with van der Waals surface area (Å²) in [6.45, 7) is 4.76. The Morgan fingerprint density at radius 1 is 1.23 bits per heavy atom. The van der Waals surface area contributed by atoms with Gasteiger partial charge in [-0.3, -0.25) is 10.1 Å². The van der Waals surface area contributed by atoms with E-state index in [0.717, 1.165) is 12.8 Å². The molecule has 4 heteroatoms. The smallest absolute Gasteiger partial charge is 0.320 e. The number of unbranched alkanes of at least 4 members (excludes halogenated alkanes) is 1. The van der Waals surface area contributed by atoms with Crippen LogP contribution in [-0.2, 0) is 11.3 Å². The topological polar surface area (TPSA) is 49.3 Å². The number of benzene rings is 1. The van der Waals surface area contributed by atoms with Crippen molar-refractivity contribution in [3.63, 3.8) is 0 Å². The van der Waals surface area contributed by atoms with Crippen molar-refractivity contribution in [1.29, 1.82) is 0 Å². The highest BCUT2D eigenvalue weighted by molar-refractivity contribution is 7.15. The Hall–Kier alpha value is -1.65. The van der Waals surface area contributed by atoms with E-state index in [1.54, 1.807) is 11.3 Å². The lowest BCUT2D eigenvalue weighted by Gasteiger charge is -2.13. The van der Waals surface area contributed by atoms with Gasteiger partial charge in [-0.15, -0.1) is 11.3 Å². The number of aliphatic carboxylic acids is 1. The van der Waals surface area contributed by atoms with Gasteiger partial charge in [0.25, 0.3) is 0 Å². The third kappa shape index (κ3) is 4.68. The zero-order valence-electron chi connectivity index (χ0n) is 13.1. The molecule has 2 aromatic rings. The van der Waals surface area contributed by atoms with Crippen LogP contribution in [0, 0.1) is 6.92 Å². The number of carbonyl (C=O) groups is 1. The number of carboxylic acids is 1. The minimum atomic E-state index is -0.760. The van der Waals surface area contributed by atoms with Crippen LogP contribution in [0.3, 0.4) is 0 Å². The number of aryl methyl sites for hydroxylation is 1. The largest absolute Gasteiger partial charge is 0.480 e. The summed E-state index contributed by atoms with van der Waals surface area (Å²) < 4.78 is 0. The highest BCUT2D eigenvalue weighted by atomic mass is 32.1.